The van der Waals surface area contributed by atoms with E-state index < -0.39 is 0 Å². The van der Waals surface area contributed by atoms with Gasteiger partial charge in [-0.05, 0) is 57.5 Å². The number of benzene rings is 6. The van der Waals surface area contributed by atoms with E-state index in [2.05, 4.69) is 47.0 Å². The van der Waals surface area contributed by atoms with E-state index in [0.29, 0.717) is 22.7 Å². The fourth-order valence-corrected chi connectivity index (χ4v) is 6.65. The third kappa shape index (κ3) is 5.52. The van der Waals surface area contributed by atoms with Crippen molar-refractivity contribution < 1.29 is 30.9 Å². The van der Waals surface area contributed by atoms with Gasteiger partial charge in [0.2, 0.25) is 5.88 Å². The van der Waals surface area contributed by atoms with Crippen molar-refractivity contribution in [1.82, 2.24) is 14.5 Å². The number of rotatable bonds is 6. The van der Waals surface area contributed by atoms with Gasteiger partial charge in [0, 0.05) is 55.5 Å². The zero-order valence-electron chi connectivity index (χ0n) is 26.6. The smallest absolute Gasteiger partial charge is 0.217 e. The van der Waals surface area contributed by atoms with E-state index in [-0.39, 0.29) is 26.8 Å². The summed E-state index contributed by atoms with van der Waals surface area (Å²) < 4.78 is 8.66. The summed E-state index contributed by atoms with van der Waals surface area (Å²) in [6, 6.07) is 56.1. The Morgan fingerprint density at radius 3 is 1.94 bits per heavy atom. The van der Waals surface area contributed by atoms with Gasteiger partial charge in [0.15, 0.2) is 0 Å². The van der Waals surface area contributed by atoms with Crippen molar-refractivity contribution in [2.75, 3.05) is 0 Å². The first-order chi connectivity index (χ1) is 24.2. The molecule has 6 aromatic carbocycles. The second-order valence-corrected chi connectivity index (χ2v) is 11.9. The number of para-hydroxylation sites is 1. The minimum atomic E-state index is 0. The molecule has 5 nitrogen and oxygen atoms in total. The van der Waals surface area contributed by atoms with Crippen LogP contribution in [0.1, 0.15) is 0 Å². The van der Waals surface area contributed by atoms with Gasteiger partial charge in [0.1, 0.15) is 17.1 Å². The topological polar surface area (TPSA) is 60.2 Å². The molecule has 0 bridgehead atoms. The van der Waals surface area contributed by atoms with Crippen LogP contribution in [0.2, 0.25) is 0 Å². The summed E-state index contributed by atoms with van der Waals surface area (Å²) >= 11 is 0. The largest absolute Gasteiger partial charge is 0.505 e. The molecule has 3 aromatic heterocycles. The van der Waals surface area contributed by atoms with E-state index in [1.165, 1.54) is 0 Å². The standard InChI is InChI=1S/C44H28N3O2.Pt/c48-44-34(30-14-6-2-7-15-30)22-23-37-38(31-16-8-3-9-17-31)28-42(46-43(37)44)49-33-20-21-36-35-18-10-11-19-39(35)47(40(36)27-33)41-26-32(24-25-45-41)29-12-4-1-5-13-29;/h1-26,28,48H;/q-1;. The summed E-state index contributed by atoms with van der Waals surface area (Å²) in [6.07, 6.45) is 1.85. The van der Waals surface area contributed by atoms with E-state index in [4.69, 9.17) is 14.7 Å². The Bertz CT molecular complexity index is 2640. The molecule has 1 N–H and O–H groups in total. The fraction of sp³-hybridized carbons (Fsp3) is 0. The average Bonchev–Trinajstić information content (AvgIpc) is 3.49. The molecule has 6 heteroatoms. The molecule has 9 rings (SSSR count). The molecule has 0 atom stereocenters. The van der Waals surface area contributed by atoms with Crippen LogP contribution in [0.15, 0.2) is 164 Å². The van der Waals surface area contributed by atoms with Crippen molar-refractivity contribution in [3.05, 3.63) is 170 Å². The zero-order chi connectivity index (χ0) is 32.7. The van der Waals surface area contributed by atoms with E-state index in [0.717, 1.165) is 60.8 Å². The van der Waals surface area contributed by atoms with Gasteiger partial charge in [-0.25, -0.2) is 9.97 Å². The summed E-state index contributed by atoms with van der Waals surface area (Å²) in [6.45, 7) is 0. The number of nitrogens with zero attached hydrogens (tertiary/aromatic N) is 3. The Labute approximate surface area is 303 Å². The Hall–Kier alpha value is -6.03. The number of aromatic nitrogens is 3. The van der Waals surface area contributed by atoms with Crippen molar-refractivity contribution in [1.29, 1.82) is 0 Å². The summed E-state index contributed by atoms with van der Waals surface area (Å²) in [4.78, 5) is 9.69. The maximum absolute atomic E-state index is 11.6. The second kappa shape index (κ2) is 13.1. The van der Waals surface area contributed by atoms with Crippen LogP contribution < -0.4 is 4.74 Å². The molecular formula is C44H28N3O2Pt-. The number of hydrogen-bond donors (Lipinski definition) is 1. The number of aromatic hydroxyl groups is 1. The Balaban J connectivity index is 0.00000361. The number of fused-ring (bicyclic) bond motifs is 4. The second-order valence-electron chi connectivity index (χ2n) is 11.9. The van der Waals surface area contributed by atoms with E-state index >= 15 is 0 Å². The van der Waals surface area contributed by atoms with Crippen molar-refractivity contribution >= 4 is 32.7 Å². The third-order valence-corrected chi connectivity index (χ3v) is 8.95. The third-order valence-electron chi connectivity index (χ3n) is 8.95. The number of ether oxygens (including phenoxy) is 1. The molecule has 0 radical (unpaired) electrons. The first-order valence-electron chi connectivity index (χ1n) is 16.1. The molecule has 3 heterocycles. The molecule has 0 aliphatic heterocycles. The zero-order valence-corrected chi connectivity index (χ0v) is 28.9. The number of pyridine rings is 2. The minimum absolute atomic E-state index is 0. The summed E-state index contributed by atoms with van der Waals surface area (Å²) in [5.74, 6) is 1.75. The Morgan fingerprint density at radius 2 is 1.20 bits per heavy atom. The van der Waals surface area contributed by atoms with E-state index in [9.17, 15) is 5.11 Å². The fourth-order valence-electron chi connectivity index (χ4n) is 6.65. The predicted octanol–water partition coefficient (Wildman–Crippen LogP) is 11.0. The molecule has 0 fully saturated rings. The van der Waals surface area contributed by atoms with E-state index in [1.807, 2.05) is 128 Å². The van der Waals surface area contributed by atoms with Crippen LogP contribution >= 0.6 is 0 Å². The molecule has 0 spiro atoms. The van der Waals surface area contributed by atoms with Crippen LogP contribution in [-0.4, -0.2) is 19.6 Å². The van der Waals surface area contributed by atoms with Crippen molar-refractivity contribution in [2.45, 2.75) is 0 Å². The molecule has 0 aliphatic carbocycles. The Morgan fingerprint density at radius 1 is 0.560 bits per heavy atom. The van der Waals surface area contributed by atoms with Crippen molar-refractivity contribution in [3.63, 3.8) is 0 Å². The van der Waals surface area contributed by atoms with E-state index in [1.54, 1.807) is 0 Å². The molecule has 242 valence electrons. The normalized spacial score (nSPS) is 11.1. The van der Waals surface area contributed by atoms with Crippen LogP contribution in [0.3, 0.4) is 0 Å². The first-order valence-corrected chi connectivity index (χ1v) is 16.1. The number of hydrogen-bond acceptors (Lipinski definition) is 4. The molecule has 0 amide bonds. The summed E-state index contributed by atoms with van der Waals surface area (Å²) in [7, 11) is 0. The van der Waals surface area contributed by atoms with Crippen molar-refractivity contribution in [3.8, 4) is 56.6 Å². The quantitative estimate of drug-likeness (QED) is 0.170. The molecular weight excluding hydrogens is 798 g/mol. The van der Waals surface area contributed by atoms with Gasteiger partial charge >= 0.3 is 0 Å². The average molecular weight is 826 g/mol. The maximum Gasteiger partial charge on any atom is 0.217 e. The predicted molar refractivity (Wildman–Crippen MR) is 197 cm³/mol. The van der Waals surface area contributed by atoms with Gasteiger partial charge in [0.05, 0.1) is 0 Å². The SMILES string of the molecule is Oc1c(-c2ccccc2)ccc2c(-c3ccccc3)cc(Oc3[c-]c4c(cc3)c3ccccc3n4-c3cc(-c4ccccc4)ccn3)nc12.[Pt]. The molecule has 50 heavy (non-hydrogen) atoms. The summed E-state index contributed by atoms with van der Waals surface area (Å²) in [5, 5.41) is 14.6. The van der Waals surface area contributed by atoms with Gasteiger partial charge in [-0.3, -0.25) is 0 Å². The Kier molecular flexibility index (Phi) is 8.20. The van der Waals surface area contributed by atoms with Gasteiger partial charge < -0.3 is 14.4 Å². The molecule has 0 saturated carbocycles. The molecule has 0 saturated heterocycles. The van der Waals surface area contributed by atoms with Crippen LogP contribution in [0.4, 0.5) is 0 Å². The van der Waals surface area contributed by atoms with Gasteiger partial charge in [-0.15, -0.1) is 17.5 Å². The maximum atomic E-state index is 11.6. The van der Waals surface area contributed by atoms with Crippen LogP contribution in [0.5, 0.6) is 17.4 Å². The van der Waals surface area contributed by atoms with Gasteiger partial charge in [-0.1, -0.05) is 121 Å². The van der Waals surface area contributed by atoms with Crippen molar-refractivity contribution in [2.24, 2.45) is 0 Å². The molecule has 9 aromatic rings. The summed E-state index contributed by atoms with van der Waals surface area (Å²) in [5.41, 5.74) is 8.06. The van der Waals surface area contributed by atoms with Gasteiger partial charge in [0.25, 0.3) is 0 Å². The number of phenolic OH excluding ortho intramolecular Hbond substituents is 1. The monoisotopic (exact) mass is 825 g/mol. The van der Waals surface area contributed by atoms with Crippen LogP contribution in [0, 0.1) is 6.07 Å². The van der Waals surface area contributed by atoms with Crippen LogP contribution in [0.25, 0.3) is 71.9 Å². The first kappa shape index (κ1) is 31.2. The molecule has 0 unspecified atom stereocenters. The van der Waals surface area contributed by atoms with Gasteiger partial charge in [-0.2, -0.15) is 6.07 Å². The minimum Gasteiger partial charge on any atom is -0.505 e. The number of phenols is 1. The molecule has 0 aliphatic rings. The van der Waals surface area contributed by atoms with Crippen LogP contribution in [-0.2, 0) is 21.1 Å².